The second kappa shape index (κ2) is 9.29. The summed E-state index contributed by atoms with van der Waals surface area (Å²) in [5, 5.41) is 10.9. The molecule has 1 heterocycles. The van der Waals surface area contributed by atoms with Crippen LogP contribution in [0.1, 0.15) is 38.2 Å². The van der Waals surface area contributed by atoms with E-state index in [1.165, 1.54) is 24.0 Å². The van der Waals surface area contributed by atoms with Crippen LogP contribution < -0.4 is 10.1 Å². The first-order valence-corrected chi connectivity index (χ1v) is 8.63. The summed E-state index contributed by atoms with van der Waals surface area (Å²) in [6.45, 7) is 2.64. The monoisotopic (exact) mass is 337 g/mol. The Morgan fingerprint density at radius 2 is 2.26 bits per heavy atom. The van der Waals surface area contributed by atoms with Crippen LogP contribution in [0.5, 0.6) is 5.75 Å². The first-order valence-electron chi connectivity index (χ1n) is 7.65. The number of amides is 1. The summed E-state index contributed by atoms with van der Waals surface area (Å²) in [7, 11) is 0. The summed E-state index contributed by atoms with van der Waals surface area (Å²) >= 11 is 1.30. The molecule has 1 aliphatic heterocycles. The van der Waals surface area contributed by atoms with E-state index in [4.69, 9.17) is 4.74 Å². The molecule has 1 amide bonds. The predicted molar refractivity (Wildman–Crippen MR) is 91.7 cm³/mol. The lowest BCUT2D eigenvalue weighted by Crippen LogP contribution is -2.19. The van der Waals surface area contributed by atoms with E-state index in [9.17, 15) is 9.18 Å². The highest BCUT2D eigenvalue weighted by molar-refractivity contribution is 8.15. The second-order valence-electron chi connectivity index (χ2n) is 5.09. The van der Waals surface area contributed by atoms with Crippen LogP contribution in [0.4, 0.5) is 4.39 Å². The summed E-state index contributed by atoms with van der Waals surface area (Å²) < 4.78 is 19.2. The van der Waals surface area contributed by atoms with Crippen molar-refractivity contribution in [2.45, 2.75) is 32.6 Å². The third-order valence-corrected chi connectivity index (χ3v) is 4.02. The minimum atomic E-state index is -0.387. The number of nitrogens with one attached hydrogen (secondary N) is 1. The number of rotatable bonds is 8. The topological polar surface area (TPSA) is 63.1 Å². The third-order valence-electron chi connectivity index (χ3n) is 3.15. The van der Waals surface area contributed by atoms with Gasteiger partial charge >= 0.3 is 0 Å². The van der Waals surface area contributed by atoms with Crippen molar-refractivity contribution in [2.75, 3.05) is 12.4 Å². The van der Waals surface area contributed by atoms with E-state index in [-0.39, 0.29) is 17.5 Å². The van der Waals surface area contributed by atoms with Gasteiger partial charge < -0.3 is 10.1 Å². The highest BCUT2D eigenvalue weighted by Crippen LogP contribution is 2.18. The van der Waals surface area contributed by atoms with Crippen LogP contribution in [0.3, 0.4) is 0 Å². The van der Waals surface area contributed by atoms with Gasteiger partial charge in [0, 0.05) is 0 Å². The van der Waals surface area contributed by atoms with E-state index in [1.54, 1.807) is 12.1 Å². The third kappa shape index (κ3) is 6.02. The van der Waals surface area contributed by atoms with E-state index < -0.39 is 0 Å². The number of nitrogens with zero attached hydrogens (tertiary/aromatic N) is 2. The fourth-order valence-corrected chi connectivity index (χ4v) is 2.58. The van der Waals surface area contributed by atoms with Crippen LogP contribution in [-0.4, -0.2) is 29.6 Å². The molecule has 0 aromatic heterocycles. The number of benzene rings is 1. The zero-order valence-corrected chi connectivity index (χ0v) is 13.9. The number of amidine groups is 1. The largest absolute Gasteiger partial charge is 0.490 e. The molecule has 0 saturated carbocycles. The predicted octanol–water partition coefficient (Wildman–Crippen LogP) is 3.34. The number of carbonyl (C=O) groups excluding carboxylic acids is 1. The maximum absolute atomic E-state index is 13.7. The van der Waals surface area contributed by atoms with Crippen LogP contribution in [0.2, 0.25) is 0 Å². The zero-order chi connectivity index (χ0) is 16.5. The lowest BCUT2D eigenvalue weighted by atomic mass is 10.2. The van der Waals surface area contributed by atoms with Gasteiger partial charge in [0.2, 0.25) is 5.91 Å². The molecule has 0 radical (unpaired) electrons. The van der Waals surface area contributed by atoms with Crippen molar-refractivity contribution in [1.29, 1.82) is 0 Å². The molecule has 124 valence electrons. The van der Waals surface area contributed by atoms with Gasteiger partial charge in [0.25, 0.3) is 0 Å². The van der Waals surface area contributed by atoms with Crippen LogP contribution in [0, 0.1) is 5.82 Å². The smallest absolute Gasteiger partial charge is 0.236 e. The van der Waals surface area contributed by atoms with Crippen molar-refractivity contribution in [3.63, 3.8) is 0 Å². The molecule has 2 rings (SSSR count). The molecule has 0 atom stereocenters. The first kappa shape index (κ1) is 17.5. The minimum absolute atomic E-state index is 0.0792. The van der Waals surface area contributed by atoms with Crippen molar-refractivity contribution >= 4 is 29.1 Å². The quantitative estimate of drug-likeness (QED) is 0.449. The molecule has 1 fully saturated rings. The molecule has 7 heteroatoms. The molecule has 1 saturated heterocycles. The summed E-state index contributed by atoms with van der Waals surface area (Å²) in [4.78, 5) is 11.0. The Hall–Kier alpha value is -1.89. The normalized spacial score (nSPS) is 16.3. The van der Waals surface area contributed by atoms with E-state index in [0.717, 1.165) is 25.7 Å². The van der Waals surface area contributed by atoms with Gasteiger partial charge in [-0.25, -0.2) is 4.39 Å². The molecule has 0 aliphatic carbocycles. The van der Waals surface area contributed by atoms with Gasteiger partial charge in [0.05, 0.1) is 18.6 Å². The Kier molecular flexibility index (Phi) is 7.06. The molecular weight excluding hydrogens is 317 g/mol. The zero-order valence-electron chi connectivity index (χ0n) is 13.0. The van der Waals surface area contributed by atoms with E-state index in [0.29, 0.717) is 23.1 Å². The molecular formula is C16H20FN3O2S. The number of hydrogen-bond donors (Lipinski definition) is 1. The Morgan fingerprint density at radius 3 is 3.00 bits per heavy atom. The van der Waals surface area contributed by atoms with Crippen LogP contribution in [0.25, 0.3) is 0 Å². The average Bonchev–Trinajstić information content (AvgIpc) is 2.95. The molecule has 0 spiro atoms. The fraction of sp³-hybridized carbons (Fsp3) is 0.438. The summed E-state index contributed by atoms with van der Waals surface area (Å²) in [5.74, 6) is 0.120. The van der Waals surface area contributed by atoms with Crippen molar-refractivity contribution in [3.8, 4) is 5.75 Å². The number of halogens is 1. The molecule has 1 N–H and O–H groups in total. The molecule has 0 unspecified atom stereocenters. The minimum Gasteiger partial charge on any atom is -0.490 e. The van der Waals surface area contributed by atoms with Gasteiger partial charge in [-0.15, -0.1) is 5.10 Å². The Balaban J connectivity index is 1.90. The van der Waals surface area contributed by atoms with Gasteiger partial charge in [-0.2, -0.15) is 5.10 Å². The van der Waals surface area contributed by atoms with E-state index >= 15 is 0 Å². The maximum Gasteiger partial charge on any atom is 0.236 e. The van der Waals surface area contributed by atoms with Gasteiger partial charge in [-0.3, -0.25) is 4.79 Å². The molecule has 1 aromatic carbocycles. The lowest BCUT2D eigenvalue weighted by Gasteiger charge is -2.07. The van der Waals surface area contributed by atoms with E-state index in [1.807, 2.05) is 0 Å². The summed E-state index contributed by atoms with van der Waals surface area (Å²) in [5.41, 5.74) is 0.689. The second-order valence-corrected chi connectivity index (χ2v) is 6.05. The van der Waals surface area contributed by atoms with Gasteiger partial charge in [-0.05, 0) is 24.1 Å². The Labute approximate surface area is 139 Å². The van der Waals surface area contributed by atoms with Crippen LogP contribution in [0.15, 0.2) is 28.4 Å². The lowest BCUT2D eigenvalue weighted by molar-refractivity contribution is -0.116. The molecule has 0 bridgehead atoms. The number of thioether (sulfide) groups is 1. The summed E-state index contributed by atoms with van der Waals surface area (Å²) in [6.07, 6.45) is 5.81. The highest BCUT2D eigenvalue weighted by Gasteiger charge is 2.15. The maximum atomic E-state index is 13.7. The highest BCUT2D eigenvalue weighted by atomic mass is 32.2. The molecule has 23 heavy (non-hydrogen) atoms. The standard InChI is InChI=1S/C16H20FN3O2S/c1-2-3-4-5-8-22-14-9-12(6-7-13(14)17)10-18-20-16-19-15(21)11-23-16/h6-7,9-10H,2-5,8,11H2,1H3,(H,19,20,21). The van der Waals surface area contributed by atoms with Crippen LogP contribution in [-0.2, 0) is 4.79 Å². The summed E-state index contributed by atoms with van der Waals surface area (Å²) in [6, 6.07) is 4.55. The van der Waals surface area contributed by atoms with Crippen molar-refractivity contribution in [3.05, 3.63) is 29.6 Å². The molecule has 5 nitrogen and oxygen atoms in total. The van der Waals surface area contributed by atoms with Crippen molar-refractivity contribution < 1.29 is 13.9 Å². The van der Waals surface area contributed by atoms with Crippen LogP contribution >= 0.6 is 11.8 Å². The number of hydrogen-bond acceptors (Lipinski definition) is 5. The average molecular weight is 337 g/mol. The number of unbranched alkanes of at least 4 members (excludes halogenated alkanes) is 3. The Morgan fingerprint density at radius 1 is 1.39 bits per heavy atom. The van der Waals surface area contributed by atoms with Gasteiger partial charge in [-0.1, -0.05) is 44.0 Å². The van der Waals surface area contributed by atoms with Crippen molar-refractivity contribution in [2.24, 2.45) is 10.2 Å². The number of carbonyl (C=O) groups is 1. The van der Waals surface area contributed by atoms with Crippen molar-refractivity contribution in [1.82, 2.24) is 5.32 Å². The fourth-order valence-electron chi connectivity index (χ4n) is 1.95. The van der Waals surface area contributed by atoms with E-state index in [2.05, 4.69) is 22.4 Å². The van der Waals surface area contributed by atoms with Gasteiger partial charge in [0.15, 0.2) is 16.7 Å². The first-order chi connectivity index (χ1) is 11.2. The molecule has 1 aliphatic rings. The Bertz CT molecular complexity index is 605. The number of ether oxygens (including phenoxy) is 1. The van der Waals surface area contributed by atoms with Gasteiger partial charge in [0.1, 0.15) is 0 Å². The molecule has 1 aromatic rings. The SMILES string of the molecule is CCCCCCOc1cc(C=NN=C2NC(=O)CS2)ccc1F.